The van der Waals surface area contributed by atoms with E-state index in [0.29, 0.717) is 53.6 Å². The minimum Gasteiger partial charge on any atom is -0.497 e. The highest BCUT2D eigenvalue weighted by molar-refractivity contribution is 5.84. The second kappa shape index (κ2) is 9.51. The van der Waals surface area contributed by atoms with Gasteiger partial charge in [-0.1, -0.05) is 25.1 Å². The number of rotatable bonds is 6. The Kier molecular flexibility index (Phi) is 6.12. The third-order valence-electron chi connectivity index (χ3n) is 5.92. The summed E-state index contributed by atoms with van der Waals surface area (Å²) in [5.41, 5.74) is 3.54. The molecule has 0 saturated heterocycles. The molecule has 6 heteroatoms. The SMILES string of the molecule is CCc1cc2c(=O)c(-c3ccc4c(c3)OCCCO4)coc2cc1OCc1cccc(OC)c1. The lowest BCUT2D eigenvalue weighted by molar-refractivity contribution is 0.297. The maximum atomic E-state index is 13.4. The summed E-state index contributed by atoms with van der Waals surface area (Å²) in [6, 6.07) is 17.0. The highest BCUT2D eigenvalue weighted by atomic mass is 16.5. The third-order valence-corrected chi connectivity index (χ3v) is 5.92. The number of hydrogen-bond donors (Lipinski definition) is 0. The normalized spacial score (nSPS) is 12.9. The van der Waals surface area contributed by atoms with E-state index in [0.717, 1.165) is 35.3 Å². The van der Waals surface area contributed by atoms with Crippen molar-refractivity contribution in [1.82, 2.24) is 0 Å². The molecule has 3 aromatic carbocycles. The fourth-order valence-corrected chi connectivity index (χ4v) is 4.07. The van der Waals surface area contributed by atoms with Crippen molar-refractivity contribution in [3.63, 3.8) is 0 Å². The van der Waals surface area contributed by atoms with Gasteiger partial charge in [-0.2, -0.15) is 0 Å². The quantitative estimate of drug-likeness (QED) is 0.365. The molecule has 0 saturated carbocycles. The Morgan fingerprint density at radius 1 is 0.971 bits per heavy atom. The summed E-state index contributed by atoms with van der Waals surface area (Å²) in [4.78, 5) is 13.4. The van der Waals surface area contributed by atoms with Gasteiger partial charge in [0, 0.05) is 12.5 Å². The van der Waals surface area contributed by atoms with Crippen molar-refractivity contribution in [2.75, 3.05) is 20.3 Å². The van der Waals surface area contributed by atoms with E-state index in [1.165, 1.54) is 6.26 Å². The number of ether oxygens (including phenoxy) is 4. The van der Waals surface area contributed by atoms with E-state index < -0.39 is 0 Å². The van der Waals surface area contributed by atoms with Crippen LogP contribution in [0.5, 0.6) is 23.0 Å². The van der Waals surface area contributed by atoms with Crippen molar-refractivity contribution >= 4 is 11.0 Å². The first kappa shape index (κ1) is 21.9. The Hall–Kier alpha value is -3.93. The van der Waals surface area contributed by atoms with Gasteiger partial charge in [0.15, 0.2) is 11.5 Å². The molecule has 5 rings (SSSR count). The number of benzene rings is 3. The summed E-state index contributed by atoms with van der Waals surface area (Å²) in [7, 11) is 1.64. The average Bonchev–Trinajstić information content (AvgIpc) is 3.12. The Labute approximate surface area is 197 Å². The smallest absolute Gasteiger partial charge is 0.200 e. The Balaban J connectivity index is 1.48. The van der Waals surface area contributed by atoms with Crippen LogP contribution >= 0.6 is 0 Å². The highest BCUT2D eigenvalue weighted by Gasteiger charge is 2.16. The van der Waals surface area contributed by atoms with E-state index in [1.807, 2.05) is 55.5 Å². The molecule has 1 aromatic heterocycles. The minimum atomic E-state index is -0.0928. The Bertz CT molecular complexity index is 1390. The molecule has 34 heavy (non-hydrogen) atoms. The van der Waals surface area contributed by atoms with Gasteiger partial charge in [0.25, 0.3) is 0 Å². The standard InChI is InChI=1S/C28H26O6/c1-3-19-13-22-26(15-25(19)33-16-18-6-4-7-21(12-18)30-2)34-17-23(28(22)29)20-8-9-24-27(14-20)32-11-5-10-31-24/h4,6-9,12-15,17H,3,5,10-11,16H2,1-2H3. The molecule has 1 aliphatic rings. The fraction of sp³-hybridized carbons (Fsp3) is 0.250. The van der Waals surface area contributed by atoms with Crippen LogP contribution in [0, 0.1) is 0 Å². The predicted molar refractivity (Wildman–Crippen MR) is 130 cm³/mol. The van der Waals surface area contributed by atoms with Crippen LogP contribution in [0.3, 0.4) is 0 Å². The third kappa shape index (κ3) is 4.31. The van der Waals surface area contributed by atoms with E-state index in [9.17, 15) is 4.79 Å². The topological polar surface area (TPSA) is 67.1 Å². The van der Waals surface area contributed by atoms with Crippen LogP contribution in [-0.4, -0.2) is 20.3 Å². The molecule has 174 valence electrons. The average molecular weight is 459 g/mol. The van der Waals surface area contributed by atoms with E-state index in [-0.39, 0.29) is 5.43 Å². The predicted octanol–water partition coefficient (Wildman–Crippen LogP) is 5.77. The first-order chi connectivity index (χ1) is 16.7. The lowest BCUT2D eigenvalue weighted by Crippen LogP contribution is -2.07. The van der Waals surface area contributed by atoms with Gasteiger partial charge in [0.2, 0.25) is 5.43 Å². The highest BCUT2D eigenvalue weighted by Crippen LogP contribution is 2.34. The molecule has 0 bridgehead atoms. The van der Waals surface area contributed by atoms with Gasteiger partial charge >= 0.3 is 0 Å². The molecule has 0 spiro atoms. The summed E-state index contributed by atoms with van der Waals surface area (Å²) in [6.07, 6.45) is 3.04. The van der Waals surface area contributed by atoms with Gasteiger partial charge < -0.3 is 23.4 Å². The molecule has 0 aliphatic carbocycles. The zero-order chi connectivity index (χ0) is 23.5. The summed E-state index contributed by atoms with van der Waals surface area (Å²) in [6.45, 7) is 3.62. The van der Waals surface area contributed by atoms with Crippen LogP contribution in [0.2, 0.25) is 0 Å². The lowest BCUT2D eigenvalue weighted by atomic mass is 10.0. The maximum Gasteiger partial charge on any atom is 0.200 e. The molecular formula is C28H26O6. The molecule has 0 atom stereocenters. The van der Waals surface area contributed by atoms with Gasteiger partial charge in [0.1, 0.15) is 30.0 Å². The van der Waals surface area contributed by atoms with E-state index in [1.54, 1.807) is 13.2 Å². The van der Waals surface area contributed by atoms with E-state index >= 15 is 0 Å². The zero-order valence-electron chi connectivity index (χ0n) is 19.3. The fourth-order valence-electron chi connectivity index (χ4n) is 4.07. The van der Waals surface area contributed by atoms with Crippen LogP contribution < -0.4 is 24.4 Å². The molecule has 0 radical (unpaired) electrons. The van der Waals surface area contributed by atoms with Crippen molar-refractivity contribution in [2.45, 2.75) is 26.4 Å². The zero-order valence-corrected chi connectivity index (χ0v) is 19.3. The molecular weight excluding hydrogens is 432 g/mol. The monoisotopic (exact) mass is 458 g/mol. The van der Waals surface area contributed by atoms with Crippen molar-refractivity contribution in [3.05, 3.63) is 82.2 Å². The first-order valence-electron chi connectivity index (χ1n) is 11.4. The molecule has 0 fully saturated rings. The van der Waals surface area contributed by atoms with Crippen LogP contribution in [0.15, 0.2) is 70.1 Å². The van der Waals surface area contributed by atoms with Crippen molar-refractivity contribution in [3.8, 4) is 34.1 Å². The van der Waals surface area contributed by atoms with Crippen molar-refractivity contribution in [1.29, 1.82) is 0 Å². The van der Waals surface area contributed by atoms with Gasteiger partial charge in [-0.25, -0.2) is 0 Å². The largest absolute Gasteiger partial charge is 0.497 e. The summed E-state index contributed by atoms with van der Waals surface area (Å²) < 4.78 is 28.8. The molecule has 0 amide bonds. The Morgan fingerprint density at radius 3 is 2.65 bits per heavy atom. The van der Waals surface area contributed by atoms with Gasteiger partial charge in [-0.05, 0) is 53.4 Å². The second-order valence-corrected chi connectivity index (χ2v) is 8.14. The maximum absolute atomic E-state index is 13.4. The number of aryl methyl sites for hydroxylation is 1. The van der Waals surface area contributed by atoms with E-state index in [2.05, 4.69) is 0 Å². The first-order valence-corrected chi connectivity index (χ1v) is 11.4. The lowest BCUT2D eigenvalue weighted by Gasteiger charge is -2.13. The molecule has 0 N–H and O–H groups in total. The summed E-state index contributed by atoms with van der Waals surface area (Å²) in [5.74, 6) is 2.82. The summed E-state index contributed by atoms with van der Waals surface area (Å²) in [5, 5.41) is 0.523. The Morgan fingerprint density at radius 2 is 1.82 bits per heavy atom. The van der Waals surface area contributed by atoms with Gasteiger partial charge in [-0.15, -0.1) is 0 Å². The molecule has 2 heterocycles. The second-order valence-electron chi connectivity index (χ2n) is 8.14. The van der Waals surface area contributed by atoms with Crippen molar-refractivity contribution < 1.29 is 23.4 Å². The number of hydrogen-bond acceptors (Lipinski definition) is 6. The molecule has 1 aliphatic heterocycles. The van der Waals surface area contributed by atoms with Crippen LogP contribution in [0.1, 0.15) is 24.5 Å². The van der Waals surface area contributed by atoms with Crippen molar-refractivity contribution in [2.24, 2.45) is 0 Å². The number of methoxy groups -OCH3 is 1. The number of fused-ring (bicyclic) bond motifs is 2. The van der Waals surface area contributed by atoms with Crippen LogP contribution in [0.25, 0.3) is 22.1 Å². The van der Waals surface area contributed by atoms with Crippen LogP contribution in [-0.2, 0) is 13.0 Å². The van der Waals surface area contributed by atoms with Gasteiger partial charge in [-0.3, -0.25) is 4.79 Å². The van der Waals surface area contributed by atoms with Crippen LogP contribution in [0.4, 0.5) is 0 Å². The minimum absolute atomic E-state index is 0.0928. The summed E-state index contributed by atoms with van der Waals surface area (Å²) >= 11 is 0. The van der Waals surface area contributed by atoms with E-state index in [4.69, 9.17) is 23.4 Å². The van der Waals surface area contributed by atoms with Gasteiger partial charge in [0.05, 0.1) is 31.3 Å². The molecule has 0 unspecified atom stereocenters. The molecule has 6 nitrogen and oxygen atoms in total. The molecule has 4 aromatic rings.